The molecule has 2 aromatic rings. The first kappa shape index (κ1) is 14.3. The first-order valence-corrected chi connectivity index (χ1v) is 5.94. The van der Waals surface area contributed by atoms with Crippen LogP contribution in [0.2, 0.25) is 5.02 Å². The van der Waals surface area contributed by atoms with E-state index in [9.17, 15) is 13.6 Å². The topological polar surface area (TPSA) is 52.3 Å². The highest BCUT2D eigenvalue weighted by molar-refractivity contribution is 6.32. The molecule has 0 spiro atoms. The number of hydrogen-bond donors (Lipinski definition) is 1. The summed E-state index contributed by atoms with van der Waals surface area (Å²) in [7, 11) is 1.43. The van der Waals surface area contributed by atoms with E-state index in [4.69, 9.17) is 22.1 Å². The van der Waals surface area contributed by atoms with Crippen molar-refractivity contribution in [1.82, 2.24) is 0 Å². The number of anilines is 1. The molecule has 0 aromatic heterocycles. The quantitative estimate of drug-likeness (QED) is 0.697. The van der Waals surface area contributed by atoms with Crippen molar-refractivity contribution >= 4 is 23.1 Å². The monoisotopic (exact) mass is 297 g/mol. The summed E-state index contributed by atoms with van der Waals surface area (Å²) in [6.07, 6.45) is 0. The molecule has 0 aliphatic heterocycles. The van der Waals surface area contributed by atoms with Crippen molar-refractivity contribution in [2.75, 3.05) is 12.8 Å². The molecule has 0 aliphatic carbocycles. The van der Waals surface area contributed by atoms with Gasteiger partial charge in [-0.25, -0.2) is 8.78 Å². The lowest BCUT2D eigenvalue weighted by Crippen LogP contribution is -2.07. The summed E-state index contributed by atoms with van der Waals surface area (Å²) < 4.78 is 31.7. The highest BCUT2D eigenvalue weighted by Gasteiger charge is 2.17. The third kappa shape index (κ3) is 2.58. The van der Waals surface area contributed by atoms with Crippen LogP contribution >= 0.6 is 11.6 Å². The number of ether oxygens (including phenoxy) is 1. The summed E-state index contributed by atoms with van der Waals surface area (Å²) >= 11 is 5.90. The van der Waals surface area contributed by atoms with Gasteiger partial charge < -0.3 is 10.5 Å². The Morgan fingerprint density at radius 3 is 2.50 bits per heavy atom. The summed E-state index contributed by atoms with van der Waals surface area (Å²) in [4.78, 5) is 12.2. The number of benzene rings is 2. The van der Waals surface area contributed by atoms with Crippen LogP contribution in [-0.2, 0) is 0 Å². The van der Waals surface area contributed by atoms with E-state index < -0.39 is 17.4 Å². The van der Waals surface area contributed by atoms with Gasteiger partial charge in [-0.3, -0.25) is 4.79 Å². The second kappa shape index (κ2) is 5.46. The lowest BCUT2D eigenvalue weighted by Gasteiger charge is -2.07. The number of carbonyl (C=O) groups excluding carboxylic acids is 1. The molecule has 0 saturated heterocycles. The molecule has 0 bridgehead atoms. The van der Waals surface area contributed by atoms with Crippen LogP contribution in [0, 0.1) is 11.6 Å². The van der Waals surface area contributed by atoms with E-state index in [2.05, 4.69) is 0 Å². The fourth-order valence-electron chi connectivity index (χ4n) is 1.70. The van der Waals surface area contributed by atoms with E-state index in [0.717, 1.165) is 6.07 Å². The molecule has 0 unspecified atom stereocenters. The molecule has 0 aliphatic rings. The Bertz CT molecular complexity index is 689. The maximum atomic E-state index is 13.6. The van der Waals surface area contributed by atoms with Crippen LogP contribution in [0.5, 0.6) is 5.75 Å². The number of halogens is 3. The summed E-state index contributed by atoms with van der Waals surface area (Å²) in [5.41, 5.74) is 4.88. The zero-order valence-corrected chi connectivity index (χ0v) is 11.2. The summed E-state index contributed by atoms with van der Waals surface area (Å²) in [6.45, 7) is 0. The van der Waals surface area contributed by atoms with E-state index in [1.54, 1.807) is 0 Å². The van der Waals surface area contributed by atoms with Crippen molar-refractivity contribution in [3.8, 4) is 5.75 Å². The van der Waals surface area contributed by atoms with E-state index in [1.807, 2.05) is 0 Å². The highest BCUT2D eigenvalue weighted by Crippen LogP contribution is 2.27. The standard InChI is InChI=1S/C14H10ClF2NO2/c1-20-13-3-2-7(4-9(13)15)14(19)8-5-12(18)11(17)6-10(8)16/h2-6H,18H2,1H3. The Balaban J connectivity index is 2.46. The number of nitrogen functional groups attached to an aromatic ring is 1. The van der Waals surface area contributed by atoms with Gasteiger partial charge in [0.25, 0.3) is 0 Å². The van der Waals surface area contributed by atoms with Crippen molar-refractivity contribution in [1.29, 1.82) is 0 Å². The molecule has 0 radical (unpaired) electrons. The molecule has 104 valence electrons. The predicted octanol–water partition coefficient (Wildman–Crippen LogP) is 3.44. The molecule has 2 N–H and O–H groups in total. The van der Waals surface area contributed by atoms with Crippen LogP contribution in [0.25, 0.3) is 0 Å². The molecule has 2 rings (SSSR count). The van der Waals surface area contributed by atoms with Gasteiger partial charge >= 0.3 is 0 Å². The number of carbonyl (C=O) groups is 1. The normalized spacial score (nSPS) is 10.4. The Kier molecular flexibility index (Phi) is 3.90. The summed E-state index contributed by atoms with van der Waals surface area (Å²) in [5, 5.41) is 0.217. The van der Waals surface area contributed by atoms with E-state index >= 15 is 0 Å². The fraction of sp³-hybridized carbons (Fsp3) is 0.0714. The van der Waals surface area contributed by atoms with Crippen LogP contribution in [0.1, 0.15) is 15.9 Å². The van der Waals surface area contributed by atoms with Crippen molar-refractivity contribution in [2.24, 2.45) is 0 Å². The number of nitrogens with two attached hydrogens (primary N) is 1. The van der Waals surface area contributed by atoms with E-state index in [-0.39, 0.29) is 21.8 Å². The molecule has 3 nitrogen and oxygen atoms in total. The second-order valence-electron chi connectivity index (χ2n) is 4.03. The Labute approximate surface area is 118 Å². The van der Waals surface area contributed by atoms with Gasteiger partial charge in [0.2, 0.25) is 0 Å². The Morgan fingerprint density at radius 1 is 1.20 bits per heavy atom. The van der Waals surface area contributed by atoms with E-state index in [1.165, 1.54) is 25.3 Å². The van der Waals surface area contributed by atoms with Crippen LogP contribution in [-0.4, -0.2) is 12.9 Å². The molecule has 0 atom stereocenters. The lowest BCUT2D eigenvalue weighted by molar-refractivity contribution is 0.103. The van der Waals surface area contributed by atoms with Gasteiger partial charge in [0, 0.05) is 11.6 Å². The molecule has 20 heavy (non-hydrogen) atoms. The SMILES string of the molecule is COc1ccc(C(=O)c2cc(N)c(F)cc2F)cc1Cl. The van der Waals surface area contributed by atoms with Gasteiger partial charge in [-0.15, -0.1) is 0 Å². The first-order chi connectivity index (χ1) is 9.43. The van der Waals surface area contributed by atoms with Gasteiger partial charge in [0.15, 0.2) is 5.78 Å². The van der Waals surface area contributed by atoms with Crippen molar-refractivity contribution in [3.05, 3.63) is 58.1 Å². The first-order valence-electron chi connectivity index (χ1n) is 5.56. The maximum absolute atomic E-state index is 13.6. The minimum absolute atomic E-state index is 0.153. The zero-order valence-electron chi connectivity index (χ0n) is 10.4. The van der Waals surface area contributed by atoms with Gasteiger partial charge in [-0.1, -0.05) is 11.6 Å². The van der Waals surface area contributed by atoms with Crippen molar-refractivity contribution in [3.63, 3.8) is 0 Å². The van der Waals surface area contributed by atoms with Crippen LogP contribution < -0.4 is 10.5 Å². The molecule has 0 heterocycles. The fourth-order valence-corrected chi connectivity index (χ4v) is 1.96. The maximum Gasteiger partial charge on any atom is 0.196 e. The minimum atomic E-state index is -0.978. The van der Waals surface area contributed by atoms with Crippen LogP contribution in [0.15, 0.2) is 30.3 Å². The third-order valence-corrected chi connectivity index (χ3v) is 3.04. The number of rotatable bonds is 3. The van der Waals surface area contributed by atoms with Gasteiger partial charge in [0.05, 0.1) is 23.4 Å². The number of methoxy groups -OCH3 is 1. The van der Waals surface area contributed by atoms with Crippen LogP contribution in [0.3, 0.4) is 0 Å². The second-order valence-corrected chi connectivity index (χ2v) is 4.44. The third-order valence-electron chi connectivity index (χ3n) is 2.74. The highest BCUT2D eigenvalue weighted by atomic mass is 35.5. The zero-order chi connectivity index (χ0) is 14.9. The Hall–Kier alpha value is -2.14. The molecule has 6 heteroatoms. The number of ketones is 1. The smallest absolute Gasteiger partial charge is 0.196 e. The molecule has 0 saturated carbocycles. The molecular formula is C14H10ClF2NO2. The van der Waals surface area contributed by atoms with Gasteiger partial charge in [-0.05, 0) is 24.3 Å². The number of hydrogen-bond acceptors (Lipinski definition) is 3. The molecular weight excluding hydrogens is 288 g/mol. The average molecular weight is 298 g/mol. The summed E-state index contributed by atoms with van der Waals surface area (Å²) in [5.74, 6) is -2.14. The van der Waals surface area contributed by atoms with Gasteiger partial charge in [-0.2, -0.15) is 0 Å². The minimum Gasteiger partial charge on any atom is -0.495 e. The van der Waals surface area contributed by atoms with E-state index in [0.29, 0.717) is 11.8 Å². The average Bonchev–Trinajstić information content (AvgIpc) is 2.42. The lowest BCUT2D eigenvalue weighted by atomic mass is 10.0. The predicted molar refractivity (Wildman–Crippen MR) is 72.2 cm³/mol. The molecule has 0 amide bonds. The summed E-state index contributed by atoms with van der Waals surface area (Å²) in [6, 6.07) is 5.81. The molecule has 2 aromatic carbocycles. The molecule has 0 fully saturated rings. The van der Waals surface area contributed by atoms with Crippen molar-refractivity contribution < 1.29 is 18.3 Å². The van der Waals surface area contributed by atoms with Crippen LogP contribution in [0.4, 0.5) is 14.5 Å². The largest absolute Gasteiger partial charge is 0.495 e. The van der Waals surface area contributed by atoms with Crippen molar-refractivity contribution in [2.45, 2.75) is 0 Å². The Morgan fingerprint density at radius 2 is 1.90 bits per heavy atom. The van der Waals surface area contributed by atoms with Gasteiger partial charge in [0.1, 0.15) is 17.4 Å².